The van der Waals surface area contributed by atoms with Gasteiger partial charge in [-0.2, -0.15) is 0 Å². The van der Waals surface area contributed by atoms with Crippen molar-refractivity contribution in [2.24, 2.45) is 0 Å². The Labute approximate surface area is 124 Å². The van der Waals surface area contributed by atoms with Crippen LogP contribution in [0.4, 0.5) is 10.1 Å². The zero-order valence-electron chi connectivity index (χ0n) is 11.9. The number of sulfone groups is 1. The molecule has 116 valence electrons. The molecule has 1 aromatic rings. The van der Waals surface area contributed by atoms with Crippen molar-refractivity contribution in [1.82, 2.24) is 4.90 Å². The van der Waals surface area contributed by atoms with Gasteiger partial charge in [0.1, 0.15) is 5.82 Å². The van der Waals surface area contributed by atoms with Gasteiger partial charge in [0.15, 0.2) is 9.84 Å². The fourth-order valence-corrected chi connectivity index (χ4v) is 4.24. The fraction of sp³-hybridized carbons (Fsp3) is 0.500. The van der Waals surface area contributed by atoms with Gasteiger partial charge < -0.3 is 5.32 Å². The normalized spacial score (nSPS) is 20.6. The highest BCUT2D eigenvalue weighted by atomic mass is 32.2. The highest BCUT2D eigenvalue weighted by molar-refractivity contribution is 7.91. The number of hydrogen-bond acceptors (Lipinski definition) is 4. The third-order valence-electron chi connectivity index (χ3n) is 3.61. The van der Waals surface area contributed by atoms with E-state index < -0.39 is 9.84 Å². The van der Waals surface area contributed by atoms with E-state index in [9.17, 15) is 17.6 Å². The van der Waals surface area contributed by atoms with Crippen molar-refractivity contribution in [2.45, 2.75) is 19.4 Å². The Morgan fingerprint density at radius 2 is 2.05 bits per heavy atom. The Bertz CT molecular complexity index is 601. The minimum Gasteiger partial charge on any atom is -0.325 e. The molecule has 1 aromatic carbocycles. The Morgan fingerprint density at radius 1 is 1.38 bits per heavy atom. The van der Waals surface area contributed by atoms with Gasteiger partial charge in [-0.3, -0.25) is 9.69 Å². The smallest absolute Gasteiger partial charge is 0.238 e. The van der Waals surface area contributed by atoms with Crippen molar-refractivity contribution in [2.75, 3.05) is 29.9 Å². The monoisotopic (exact) mass is 314 g/mol. The Balaban J connectivity index is 1.92. The van der Waals surface area contributed by atoms with Crippen LogP contribution in [0.25, 0.3) is 0 Å². The molecule has 0 aromatic heterocycles. The number of nitrogens with one attached hydrogen (secondary N) is 1. The Morgan fingerprint density at radius 3 is 2.57 bits per heavy atom. The van der Waals surface area contributed by atoms with E-state index in [1.54, 1.807) is 0 Å². The lowest BCUT2D eigenvalue weighted by molar-refractivity contribution is -0.117. The van der Waals surface area contributed by atoms with Gasteiger partial charge in [0.05, 0.1) is 18.1 Å². The van der Waals surface area contributed by atoms with Crippen LogP contribution in [0, 0.1) is 5.82 Å². The third-order valence-corrected chi connectivity index (χ3v) is 5.36. The molecule has 5 nitrogen and oxygen atoms in total. The maximum absolute atomic E-state index is 12.8. The number of carbonyl (C=O) groups is 1. The molecule has 0 spiro atoms. The third kappa shape index (κ3) is 4.50. The molecule has 1 aliphatic heterocycles. The van der Waals surface area contributed by atoms with E-state index >= 15 is 0 Å². The Kier molecular flexibility index (Phi) is 4.95. The number of carbonyl (C=O) groups excluding carboxylic acids is 1. The first kappa shape index (κ1) is 15.9. The molecule has 1 heterocycles. The molecular formula is C14H19FN2O3S. The number of likely N-dealkylation sites (N-methyl/N-ethyl adjacent to an activating group) is 1. The van der Waals surface area contributed by atoms with Crippen molar-refractivity contribution < 1.29 is 17.6 Å². The second-order valence-electron chi connectivity index (χ2n) is 5.18. The molecule has 2 rings (SSSR count). The van der Waals surface area contributed by atoms with E-state index in [-0.39, 0.29) is 35.8 Å². The van der Waals surface area contributed by atoms with E-state index in [4.69, 9.17) is 0 Å². The molecule has 21 heavy (non-hydrogen) atoms. The second-order valence-corrected chi connectivity index (χ2v) is 7.40. The second kappa shape index (κ2) is 6.53. The van der Waals surface area contributed by atoms with Crippen LogP contribution in [-0.2, 0) is 14.6 Å². The molecule has 1 atom stereocenters. The SMILES string of the molecule is CCN(CC(=O)Nc1ccc(F)cc1)C1CCS(=O)(=O)C1. The molecule has 1 fully saturated rings. The maximum atomic E-state index is 12.8. The molecule has 0 saturated carbocycles. The zero-order chi connectivity index (χ0) is 15.5. The first-order valence-electron chi connectivity index (χ1n) is 6.89. The minimum absolute atomic E-state index is 0.0982. The maximum Gasteiger partial charge on any atom is 0.238 e. The topological polar surface area (TPSA) is 66.5 Å². The number of hydrogen-bond donors (Lipinski definition) is 1. The van der Waals surface area contributed by atoms with Crippen molar-refractivity contribution in [3.8, 4) is 0 Å². The number of nitrogens with zero attached hydrogens (tertiary/aromatic N) is 1. The van der Waals surface area contributed by atoms with Crippen LogP contribution in [0.2, 0.25) is 0 Å². The number of anilines is 1. The van der Waals surface area contributed by atoms with E-state index in [1.807, 2.05) is 11.8 Å². The lowest BCUT2D eigenvalue weighted by atomic mass is 10.2. The van der Waals surface area contributed by atoms with Crippen molar-refractivity contribution in [3.63, 3.8) is 0 Å². The molecular weight excluding hydrogens is 295 g/mol. The number of halogens is 1. The summed E-state index contributed by atoms with van der Waals surface area (Å²) in [6, 6.07) is 5.43. The predicted octanol–water partition coefficient (Wildman–Crippen LogP) is 1.27. The van der Waals surface area contributed by atoms with Crippen LogP contribution in [-0.4, -0.2) is 49.9 Å². The predicted molar refractivity (Wildman–Crippen MR) is 79.3 cm³/mol. The van der Waals surface area contributed by atoms with Crippen molar-refractivity contribution in [1.29, 1.82) is 0 Å². The van der Waals surface area contributed by atoms with E-state index in [0.29, 0.717) is 18.7 Å². The highest BCUT2D eigenvalue weighted by Crippen LogP contribution is 2.17. The van der Waals surface area contributed by atoms with Crippen LogP contribution < -0.4 is 5.32 Å². The molecule has 1 N–H and O–H groups in total. The molecule has 0 bridgehead atoms. The molecule has 1 amide bonds. The highest BCUT2D eigenvalue weighted by Gasteiger charge is 2.32. The van der Waals surface area contributed by atoms with Gasteiger partial charge in [-0.1, -0.05) is 6.92 Å². The van der Waals surface area contributed by atoms with E-state index in [0.717, 1.165) is 0 Å². The molecule has 0 aliphatic carbocycles. The summed E-state index contributed by atoms with van der Waals surface area (Å²) in [7, 11) is -2.97. The fourth-order valence-electron chi connectivity index (χ4n) is 2.48. The summed E-state index contributed by atoms with van der Waals surface area (Å²) in [6.07, 6.45) is 0.569. The van der Waals surface area contributed by atoms with Crippen LogP contribution >= 0.6 is 0 Å². The Hall–Kier alpha value is -1.47. The molecule has 1 saturated heterocycles. The van der Waals surface area contributed by atoms with Gasteiger partial charge in [0, 0.05) is 11.7 Å². The summed E-state index contributed by atoms with van der Waals surface area (Å²) in [5.74, 6) is -0.287. The van der Waals surface area contributed by atoms with Gasteiger partial charge >= 0.3 is 0 Å². The number of amides is 1. The molecule has 7 heteroatoms. The largest absolute Gasteiger partial charge is 0.325 e. The van der Waals surface area contributed by atoms with Gasteiger partial charge in [-0.05, 0) is 37.2 Å². The number of benzene rings is 1. The van der Waals surface area contributed by atoms with Crippen LogP contribution in [0.15, 0.2) is 24.3 Å². The lowest BCUT2D eigenvalue weighted by Gasteiger charge is -2.25. The summed E-state index contributed by atoms with van der Waals surface area (Å²) in [5, 5.41) is 2.68. The van der Waals surface area contributed by atoms with E-state index in [2.05, 4.69) is 5.32 Å². The zero-order valence-corrected chi connectivity index (χ0v) is 12.7. The van der Waals surface area contributed by atoms with Crippen LogP contribution in [0.1, 0.15) is 13.3 Å². The number of rotatable bonds is 5. The van der Waals surface area contributed by atoms with Crippen LogP contribution in [0.5, 0.6) is 0 Å². The van der Waals surface area contributed by atoms with Crippen molar-refractivity contribution >= 4 is 21.4 Å². The average molecular weight is 314 g/mol. The van der Waals surface area contributed by atoms with Gasteiger partial charge in [0.25, 0.3) is 0 Å². The van der Waals surface area contributed by atoms with Gasteiger partial charge in [0.2, 0.25) is 5.91 Å². The molecule has 0 radical (unpaired) electrons. The molecule has 1 unspecified atom stereocenters. The van der Waals surface area contributed by atoms with Gasteiger partial charge in [-0.25, -0.2) is 12.8 Å². The first-order chi connectivity index (χ1) is 9.89. The van der Waals surface area contributed by atoms with Crippen molar-refractivity contribution in [3.05, 3.63) is 30.1 Å². The first-order valence-corrected chi connectivity index (χ1v) is 8.71. The molecule has 1 aliphatic rings. The quantitative estimate of drug-likeness (QED) is 0.889. The average Bonchev–Trinajstić information content (AvgIpc) is 2.79. The standard InChI is InChI=1S/C14H19FN2O3S/c1-2-17(13-7-8-21(19,20)10-13)9-14(18)16-12-5-3-11(15)4-6-12/h3-6,13H,2,7-10H2,1H3,(H,16,18). The van der Waals surface area contributed by atoms with E-state index in [1.165, 1.54) is 24.3 Å². The summed E-state index contributed by atoms with van der Waals surface area (Å²) >= 11 is 0. The summed E-state index contributed by atoms with van der Waals surface area (Å²) in [5.41, 5.74) is 0.525. The minimum atomic E-state index is -2.97. The lowest BCUT2D eigenvalue weighted by Crippen LogP contribution is -2.41. The summed E-state index contributed by atoms with van der Waals surface area (Å²) in [6.45, 7) is 2.64. The van der Waals surface area contributed by atoms with Crippen LogP contribution in [0.3, 0.4) is 0 Å². The van der Waals surface area contributed by atoms with Gasteiger partial charge in [-0.15, -0.1) is 0 Å². The summed E-state index contributed by atoms with van der Waals surface area (Å²) < 4.78 is 35.8. The summed E-state index contributed by atoms with van der Waals surface area (Å²) in [4.78, 5) is 13.9.